The Morgan fingerprint density at radius 2 is 1.89 bits per heavy atom. The van der Waals surface area contributed by atoms with Crippen LogP contribution in [0.2, 0.25) is 0 Å². The van der Waals surface area contributed by atoms with Crippen molar-refractivity contribution < 1.29 is 9.59 Å². The van der Waals surface area contributed by atoms with Gasteiger partial charge in [-0.1, -0.05) is 0 Å². The quantitative estimate of drug-likeness (QED) is 0.719. The summed E-state index contributed by atoms with van der Waals surface area (Å²) < 4.78 is 0. The monoisotopic (exact) mass is 264 g/mol. The SMILES string of the molecule is CC(NC(=O)c1ccc(S)cc1)C(=O)NC1CC1. The molecule has 0 radical (unpaired) electrons. The fourth-order valence-corrected chi connectivity index (χ4v) is 1.66. The van der Waals surface area contributed by atoms with Crippen molar-refractivity contribution in [2.24, 2.45) is 0 Å². The minimum absolute atomic E-state index is 0.128. The van der Waals surface area contributed by atoms with E-state index in [1.807, 2.05) is 0 Å². The van der Waals surface area contributed by atoms with Crippen LogP contribution in [0.15, 0.2) is 29.2 Å². The highest BCUT2D eigenvalue weighted by molar-refractivity contribution is 7.80. The van der Waals surface area contributed by atoms with Crippen molar-refractivity contribution >= 4 is 24.4 Å². The molecule has 0 heterocycles. The number of carbonyl (C=O) groups is 2. The molecule has 0 spiro atoms. The van der Waals surface area contributed by atoms with Crippen LogP contribution in [0.5, 0.6) is 0 Å². The van der Waals surface area contributed by atoms with Crippen molar-refractivity contribution in [1.82, 2.24) is 10.6 Å². The van der Waals surface area contributed by atoms with Gasteiger partial charge in [-0.2, -0.15) is 0 Å². The second-order valence-corrected chi connectivity index (χ2v) is 5.04. The van der Waals surface area contributed by atoms with E-state index in [1.165, 1.54) is 0 Å². The molecule has 0 bridgehead atoms. The molecule has 1 saturated carbocycles. The predicted octanol–water partition coefficient (Wildman–Crippen LogP) is 1.37. The van der Waals surface area contributed by atoms with Gasteiger partial charge in [0.1, 0.15) is 6.04 Å². The summed E-state index contributed by atoms with van der Waals surface area (Å²) >= 11 is 4.15. The summed E-state index contributed by atoms with van der Waals surface area (Å²) in [6, 6.07) is 6.64. The maximum Gasteiger partial charge on any atom is 0.251 e. The average Bonchev–Trinajstić information content (AvgIpc) is 3.13. The van der Waals surface area contributed by atoms with E-state index in [0.717, 1.165) is 17.7 Å². The molecule has 96 valence electrons. The van der Waals surface area contributed by atoms with Crippen LogP contribution < -0.4 is 10.6 Å². The summed E-state index contributed by atoms with van der Waals surface area (Å²) in [5.41, 5.74) is 0.527. The summed E-state index contributed by atoms with van der Waals surface area (Å²) in [4.78, 5) is 24.3. The Bertz CT molecular complexity index is 455. The van der Waals surface area contributed by atoms with Crippen LogP contribution in [0, 0.1) is 0 Å². The Hall–Kier alpha value is -1.49. The summed E-state index contributed by atoms with van der Waals surface area (Å²) in [6.45, 7) is 1.68. The van der Waals surface area contributed by atoms with E-state index >= 15 is 0 Å². The lowest BCUT2D eigenvalue weighted by molar-refractivity contribution is -0.122. The molecule has 1 aromatic carbocycles. The zero-order chi connectivity index (χ0) is 13.1. The number of nitrogens with one attached hydrogen (secondary N) is 2. The van der Waals surface area contributed by atoms with E-state index in [1.54, 1.807) is 31.2 Å². The number of benzene rings is 1. The van der Waals surface area contributed by atoms with E-state index < -0.39 is 6.04 Å². The molecule has 1 fully saturated rings. The summed E-state index contributed by atoms with van der Waals surface area (Å²) in [5.74, 6) is -0.376. The molecule has 1 atom stereocenters. The standard InChI is InChI=1S/C13H16N2O2S/c1-8(12(16)15-10-4-5-10)14-13(17)9-2-6-11(18)7-3-9/h2-3,6-8,10,18H,4-5H2,1H3,(H,14,17)(H,15,16). The molecule has 0 aliphatic heterocycles. The third-order valence-corrected chi connectivity index (χ3v) is 3.09. The summed E-state index contributed by atoms with van der Waals surface area (Å²) in [6.07, 6.45) is 2.08. The van der Waals surface area contributed by atoms with Gasteiger partial charge in [0.25, 0.3) is 5.91 Å². The number of amides is 2. The predicted molar refractivity (Wildman–Crippen MR) is 71.8 cm³/mol. The average molecular weight is 264 g/mol. The van der Waals surface area contributed by atoms with Crippen molar-refractivity contribution in [2.45, 2.75) is 36.7 Å². The van der Waals surface area contributed by atoms with Gasteiger partial charge in [-0.25, -0.2) is 0 Å². The first-order valence-electron chi connectivity index (χ1n) is 5.96. The van der Waals surface area contributed by atoms with Crippen LogP contribution >= 0.6 is 12.6 Å². The highest BCUT2D eigenvalue weighted by Crippen LogP contribution is 2.18. The van der Waals surface area contributed by atoms with Crippen molar-refractivity contribution in [3.63, 3.8) is 0 Å². The van der Waals surface area contributed by atoms with Crippen LogP contribution in [0.3, 0.4) is 0 Å². The molecule has 1 aromatic rings. The smallest absolute Gasteiger partial charge is 0.251 e. The number of thiol groups is 1. The van der Waals surface area contributed by atoms with Gasteiger partial charge < -0.3 is 10.6 Å². The van der Waals surface area contributed by atoms with E-state index in [4.69, 9.17) is 0 Å². The summed E-state index contributed by atoms with van der Waals surface area (Å²) in [5, 5.41) is 5.53. The van der Waals surface area contributed by atoms with Gasteiger partial charge in [0, 0.05) is 16.5 Å². The highest BCUT2D eigenvalue weighted by Gasteiger charge is 2.26. The molecule has 0 saturated heterocycles. The van der Waals surface area contributed by atoms with E-state index in [-0.39, 0.29) is 11.8 Å². The topological polar surface area (TPSA) is 58.2 Å². The van der Waals surface area contributed by atoms with E-state index in [9.17, 15) is 9.59 Å². The van der Waals surface area contributed by atoms with Crippen LogP contribution in [0.25, 0.3) is 0 Å². The minimum Gasteiger partial charge on any atom is -0.352 e. The van der Waals surface area contributed by atoms with Crippen LogP contribution in [-0.4, -0.2) is 23.9 Å². The molecule has 2 N–H and O–H groups in total. The molecule has 1 aliphatic rings. The third kappa shape index (κ3) is 3.50. The number of rotatable bonds is 4. The Balaban J connectivity index is 1.89. The molecule has 1 unspecified atom stereocenters. The van der Waals surface area contributed by atoms with Gasteiger partial charge in [0.15, 0.2) is 0 Å². The van der Waals surface area contributed by atoms with E-state index in [0.29, 0.717) is 11.6 Å². The zero-order valence-corrected chi connectivity index (χ0v) is 11.0. The largest absolute Gasteiger partial charge is 0.352 e. The molecule has 2 amide bonds. The minimum atomic E-state index is -0.520. The second kappa shape index (κ2) is 5.44. The third-order valence-electron chi connectivity index (χ3n) is 2.79. The Labute approximate surface area is 112 Å². The molecule has 0 aromatic heterocycles. The first kappa shape index (κ1) is 13.0. The van der Waals surface area contributed by atoms with Gasteiger partial charge >= 0.3 is 0 Å². The van der Waals surface area contributed by atoms with E-state index in [2.05, 4.69) is 23.3 Å². The van der Waals surface area contributed by atoms with Crippen molar-refractivity contribution in [3.05, 3.63) is 29.8 Å². The highest BCUT2D eigenvalue weighted by atomic mass is 32.1. The van der Waals surface area contributed by atoms with Crippen LogP contribution in [0.4, 0.5) is 0 Å². The molecule has 5 heteroatoms. The number of hydrogen-bond donors (Lipinski definition) is 3. The molecule has 4 nitrogen and oxygen atoms in total. The normalized spacial score (nSPS) is 15.9. The van der Waals surface area contributed by atoms with Gasteiger partial charge in [0.2, 0.25) is 5.91 Å². The first-order chi connectivity index (χ1) is 8.56. The Kier molecular flexibility index (Phi) is 3.91. The number of hydrogen-bond acceptors (Lipinski definition) is 3. The van der Waals surface area contributed by atoms with Crippen molar-refractivity contribution in [3.8, 4) is 0 Å². The lowest BCUT2D eigenvalue weighted by Gasteiger charge is -2.13. The molecule has 1 aliphatic carbocycles. The van der Waals surface area contributed by atoms with Crippen LogP contribution in [-0.2, 0) is 4.79 Å². The second-order valence-electron chi connectivity index (χ2n) is 4.52. The molecule has 2 rings (SSSR count). The van der Waals surface area contributed by atoms with Gasteiger partial charge in [-0.05, 0) is 44.0 Å². The lowest BCUT2D eigenvalue weighted by Crippen LogP contribution is -2.45. The van der Waals surface area contributed by atoms with Gasteiger partial charge in [0.05, 0.1) is 0 Å². The fraction of sp³-hybridized carbons (Fsp3) is 0.385. The zero-order valence-electron chi connectivity index (χ0n) is 10.1. The fourth-order valence-electron chi connectivity index (χ4n) is 1.51. The van der Waals surface area contributed by atoms with Crippen LogP contribution in [0.1, 0.15) is 30.1 Å². The summed E-state index contributed by atoms with van der Waals surface area (Å²) in [7, 11) is 0. The Morgan fingerprint density at radius 1 is 1.28 bits per heavy atom. The lowest BCUT2D eigenvalue weighted by atomic mass is 10.2. The number of carbonyl (C=O) groups excluding carboxylic acids is 2. The first-order valence-corrected chi connectivity index (χ1v) is 6.41. The van der Waals surface area contributed by atoms with Crippen molar-refractivity contribution in [2.75, 3.05) is 0 Å². The Morgan fingerprint density at radius 3 is 2.44 bits per heavy atom. The maximum absolute atomic E-state index is 11.9. The van der Waals surface area contributed by atoms with Gasteiger partial charge in [-0.15, -0.1) is 12.6 Å². The van der Waals surface area contributed by atoms with Crippen molar-refractivity contribution in [1.29, 1.82) is 0 Å². The van der Waals surface area contributed by atoms with Gasteiger partial charge in [-0.3, -0.25) is 9.59 Å². The molecular formula is C13H16N2O2S. The molecular weight excluding hydrogens is 248 g/mol. The maximum atomic E-state index is 11.9. The molecule has 18 heavy (non-hydrogen) atoms.